The molecule has 6 heteroatoms. The van der Waals surface area contributed by atoms with E-state index in [2.05, 4.69) is 10.6 Å². The smallest absolute Gasteiger partial charge is 0.233 e. The Morgan fingerprint density at radius 3 is 2.39 bits per heavy atom. The highest BCUT2D eigenvalue weighted by Crippen LogP contribution is 2.29. The van der Waals surface area contributed by atoms with Gasteiger partial charge in [0.15, 0.2) is 0 Å². The molecule has 0 atom stereocenters. The summed E-state index contributed by atoms with van der Waals surface area (Å²) in [5, 5.41) is 5.87. The molecule has 0 fully saturated rings. The number of halogens is 2. The second kappa shape index (κ2) is 7.99. The number of nitrogens with one attached hydrogen (secondary N) is 2. The van der Waals surface area contributed by atoms with Gasteiger partial charge in [-0.2, -0.15) is 0 Å². The lowest BCUT2D eigenvalue weighted by Gasteiger charge is -2.09. The first kappa shape index (κ1) is 17.3. The van der Waals surface area contributed by atoms with Gasteiger partial charge in [-0.15, -0.1) is 0 Å². The van der Waals surface area contributed by atoms with Crippen LogP contribution >= 0.6 is 23.2 Å². The Labute approximate surface area is 144 Å². The first-order chi connectivity index (χ1) is 11.0. The zero-order valence-electron chi connectivity index (χ0n) is 12.5. The van der Waals surface area contributed by atoms with Gasteiger partial charge in [0.25, 0.3) is 0 Å². The van der Waals surface area contributed by atoms with E-state index in [1.54, 1.807) is 18.2 Å². The number of benzene rings is 2. The number of amides is 2. The van der Waals surface area contributed by atoms with Crippen molar-refractivity contribution in [2.45, 2.75) is 19.9 Å². The van der Waals surface area contributed by atoms with Gasteiger partial charge < -0.3 is 10.6 Å². The average molecular weight is 351 g/mol. The molecule has 0 aliphatic rings. The first-order valence-corrected chi connectivity index (χ1v) is 7.77. The van der Waals surface area contributed by atoms with E-state index in [9.17, 15) is 9.59 Å². The summed E-state index contributed by atoms with van der Waals surface area (Å²) in [6, 6.07) is 12.7. The highest BCUT2D eigenvalue weighted by Gasteiger charge is 2.12. The van der Waals surface area contributed by atoms with Gasteiger partial charge >= 0.3 is 0 Å². The summed E-state index contributed by atoms with van der Waals surface area (Å²) in [6.45, 7) is 2.37. The lowest BCUT2D eigenvalue weighted by atomic mass is 10.1. The molecular weight excluding hydrogens is 335 g/mol. The van der Waals surface area contributed by atoms with Crippen LogP contribution in [0.15, 0.2) is 42.5 Å². The fourth-order valence-corrected chi connectivity index (χ4v) is 2.26. The Kier molecular flexibility index (Phi) is 6.02. The van der Waals surface area contributed by atoms with E-state index in [-0.39, 0.29) is 17.4 Å². The van der Waals surface area contributed by atoms with Crippen molar-refractivity contribution in [2.75, 3.05) is 5.32 Å². The molecule has 120 valence electrons. The van der Waals surface area contributed by atoms with E-state index in [1.165, 1.54) is 0 Å². The van der Waals surface area contributed by atoms with E-state index >= 15 is 0 Å². The molecule has 0 heterocycles. The van der Waals surface area contributed by atoms with Gasteiger partial charge in [-0.05, 0) is 24.6 Å². The lowest BCUT2D eigenvalue weighted by Crippen LogP contribution is -2.27. The molecule has 0 radical (unpaired) electrons. The predicted molar refractivity (Wildman–Crippen MR) is 92.7 cm³/mol. The van der Waals surface area contributed by atoms with E-state index in [0.29, 0.717) is 17.3 Å². The van der Waals surface area contributed by atoms with Crippen LogP contribution in [0.25, 0.3) is 0 Å². The molecule has 2 aromatic rings. The van der Waals surface area contributed by atoms with Gasteiger partial charge in [-0.1, -0.05) is 59.1 Å². The molecule has 2 N–H and O–H groups in total. The van der Waals surface area contributed by atoms with Gasteiger partial charge in [0.05, 0.1) is 15.7 Å². The number of rotatable bonds is 5. The van der Waals surface area contributed by atoms with Crippen LogP contribution in [0.3, 0.4) is 0 Å². The monoisotopic (exact) mass is 350 g/mol. The van der Waals surface area contributed by atoms with Crippen molar-refractivity contribution >= 4 is 40.7 Å². The first-order valence-electron chi connectivity index (χ1n) is 7.02. The molecule has 0 aliphatic carbocycles. The summed E-state index contributed by atoms with van der Waals surface area (Å²) in [4.78, 5) is 23.7. The molecule has 2 amide bonds. The Balaban J connectivity index is 1.84. The third-order valence-corrected chi connectivity index (χ3v) is 3.98. The quantitative estimate of drug-likeness (QED) is 0.802. The maximum Gasteiger partial charge on any atom is 0.233 e. The van der Waals surface area contributed by atoms with Gasteiger partial charge in [0, 0.05) is 6.54 Å². The summed E-state index contributed by atoms with van der Waals surface area (Å²) in [5.41, 5.74) is 2.51. The molecule has 2 rings (SSSR count). The Morgan fingerprint density at radius 2 is 1.70 bits per heavy atom. The van der Waals surface area contributed by atoms with Crippen LogP contribution in [0.1, 0.15) is 17.5 Å². The van der Waals surface area contributed by atoms with Crippen LogP contribution in [-0.2, 0) is 16.1 Å². The van der Waals surface area contributed by atoms with Crippen molar-refractivity contribution in [1.82, 2.24) is 5.32 Å². The highest BCUT2D eigenvalue weighted by molar-refractivity contribution is 6.44. The molecule has 0 aromatic heterocycles. The van der Waals surface area contributed by atoms with Crippen LogP contribution in [-0.4, -0.2) is 11.8 Å². The molecule has 0 bridgehead atoms. The number of hydrogen-bond donors (Lipinski definition) is 2. The van der Waals surface area contributed by atoms with Crippen LogP contribution in [0.4, 0.5) is 5.69 Å². The largest absolute Gasteiger partial charge is 0.352 e. The number of anilines is 1. The van der Waals surface area contributed by atoms with Gasteiger partial charge in [-0.25, -0.2) is 0 Å². The molecular formula is C17H16Cl2N2O2. The standard InChI is InChI=1S/C17H16Cl2N2O2/c1-11-5-7-12(8-6-11)10-20-15(22)9-16(23)21-14-4-2-3-13(18)17(14)19/h2-8H,9-10H2,1H3,(H,20,22)(H,21,23). The zero-order valence-corrected chi connectivity index (χ0v) is 14.0. The van der Waals surface area contributed by atoms with Gasteiger partial charge in [0.1, 0.15) is 6.42 Å². The van der Waals surface area contributed by atoms with Crippen LogP contribution in [0, 0.1) is 6.92 Å². The normalized spacial score (nSPS) is 10.2. The minimum absolute atomic E-state index is 0.252. The van der Waals surface area contributed by atoms with Gasteiger partial charge in [0.2, 0.25) is 11.8 Å². The molecule has 23 heavy (non-hydrogen) atoms. The predicted octanol–water partition coefficient (Wildman–Crippen LogP) is 3.95. The fourth-order valence-electron chi connectivity index (χ4n) is 1.91. The summed E-state index contributed by atoms with van der Waals surface area (Å²) in [6.07, 6.45) is -0.283. The Morgan fingerprint density at radius 1 is 1.00 bits per heavy atom. The van der Waals surface area contributed by atoms with Crippen LogP contribution in [0.2, 0.25) is 10.0 Å². The maximum absolute atomic E-state index is 11.9. The number of hydrogen-bond acceptors (Lipinski definition) is 2. The average Bonchev–Trinajstić information content (AvgIpc) is 2.51. The van der Waals surface area contributed by atoms with E-state index < -0.39 is 5.91 Å². The van der Waals surface area contributed by atoms with Crippen molar-refractivity contribution in [3.05, 3.63) is 63.6 Å². The van der Waals surface area contributed by atoms with Crippen molar-refractivity contribution in [2.24, 2.45) is 0 Å². The molecule has 2 aromatic carbocycles. The highest BCUT2D eigenvalue weighted by atomic mass is 35.5. The summed E-state index contributed by atoms with van der Waals surface area (Å²) in [7, 11) is 0. The topological polar surface area (TPSA) is 58.2 Å². The van der Waals surface area contributed by atoms with Crippen LogP contribution in [0.5, 0.6) is 0 Å². The van der Waals surface area contributed by atoms with Crippen LogP contribution < -0.4 is 10.6 Å². The minimum Gasteiger partial charge on any atom is -0.352 e. The van der Waals surface area contributed by atoms with E-state index in [0.717, 1.165) is 11.1 Å². The van der Waals surface area contributed by atoms with Crippen molar-refractivity contribution in [3.8, 4) is 0 Å². The molecule has 0 unspecified atom stereocenters. The molecule has 0 saturated carbocycles. The summed E-state index contributed by atoms with van der Waals surface area (Å²) in [5.74, 6) is -0.809. The van der Waals surface area contributed by atoms with Gasteiger partial charge in [-0.3, -0.25) is 9.59 Å². The number of aryl methyl sites for hydroxylation is 1. The number of carbonyl (C=O) groups is 2. The second-order valence-corrected chi connectivity index (χ2v) is 5.87. The lowest BCUT2D eigenvalue weighted by molar-refractivity contribution is -0.126. The summed E-state index contributed by atoms with van der Waals surface area (Å²) >= 11 is 11.8. The Hall–Kier alpha value is -2.04. The summed E-state index contributed by atoms with van der Waals surface area (Å²) < 4.78 is 0. The molecule has 0 spiro atoms. The maximum atomic E-state index is 11.9. The molecule has 0 aliphatic heterocycles. The Bertz CT molecular complexity index is 715. The van der Waals surface area contributed by atoms with E-state index in [1.807, 2.05) is 31.2 Å². The SMILES string of the molecule is Cc1ccc(CNC(=O)CC(=O)Nc2cccc(Cl)c2Cl)cc1. The van der Waals surface area contributed by atoms with Crippen molar-refractivity contribution in [3.63, 3.8) is 0 Å². The van der Waals surface area contributed by atoms with Crippen molar-refractivity contribution in [1.29, 1.82) is 0 Å². The number of carbonyl (C=O) groups excluding carboxylic acids is 2. The van der Waals surface area contributed by atoms with E-state index in [4.69, 9.17) is 23.2 Å². The third-order valence-electron chi connectivity index (χ3n) is 3.16. The third kappa shape index (κ3) is 5.27. The second-order valence-electron chi connectivity index (χ2n) is 5.09. The molecule has 0 saturated heterocycles. The zero-order chi connectivity index (χ0) is 16.8. The fraction of sp³-hybridized carbons (Fsp3) is 0.176. The molecule has 4 nitrogen and oxygen atoms in total. The van der Waals surface area contributed by atoms with Crippen molar-refractivity contribution < 1.29 is 9.59 Å². The minimum atomic E-state index is -0.449.